The van der Waals surface area contributed by atoms with Crippen molar-refractivity contribution < 1.29 is 54.2 Å². The summed E-state index contributed by atoms with van der Waals surface area (Å²) in [6.45, 7) is 7.09. The van der Waals surface area contributed by atoms with Crippen molar-refractivity contribution in [3.63, 3.8) is 0 Å². The van der Waals surface area contributed by atoms with Gasteiger partial charge in [-0.1, -0.05) is 38.1 Å². The Labute approximate surface area is 457 Å². The van der Waals surface area contributed by atoms with Crippen LogP contribution in [0.5, 0.6) is 0 Å². The van der Waals surface area contributed by atoms with Gasteiger partial charge in [-0.05, 0) is 120 Å². The number of aryl methyl sites for hydroxylation is 2. The second kappa shape index (κ2) is 21.4. The molecule has 424 valence electrons. The highest BCUT2D eigenvalue weighted by Gasteiger charge is 2.46. The first kappa shape index (κ1) is 55.3. The maximum atomic E-state index is 14.3. The Morgan fingerprint density at radius 2 is 0.988 bits per heavy atom. The van der Waals surface area contributed by atoms with Gasteiger partial charge in [0.25, 0.3) is 11.8 Å². The van der Waals surface area contributed by atoms with Crippen LogP contribution in [0.2, 0.25) is 0 Å². The minimum Gasteiger partial charge on any atom is -0.379 e. The molecule has 0 radical (unpaired) electrons. The number of alkyl halides is 8. The summed E-state index contributed by atoms with van der Waals surface area (Å²) in [5.41, 5.74) is 1.37. The van der Waals surface area contributed by atoms with Gasteiger partial charge in [-0.25, -0.2) is 8.78 Å². The summed E-state index contributed by atoms with van der Waals surface area (Å²) in [6, 6.07) is 20.1. The third-order valence-electron chi connectivity index (χ3n) is 17.2. The molecule has 0 unspecified atom stereocenters. The Bertz CT molecular complexity index is 3080. The van der Waals surface area contributed by atoms with Crippen LogP contribution in [0, 0.1) is 11.8 Å². The molecular weight excluding hydrogens is 1050 g/mol. The lowest BCUT2D eigenvalue weighted by molar-refractivity contribution is -0.139. The van der Waals surface area contributed by atoms with E-state index in [1.807, 2.05) is 83.3 Å². The van der Waals surface area contributed by atoms with E-state index in [4.69, 9.17) is 9.47 Å². The number of aromatic nitrogens is 6. The largest absolute Gasteiger partial charge is 0.416 e. The number of nitrogens with zero attached hydrogens (tertiary/aromatic N) is 10. The van der Waals surface area contributed by atoms with E-state index < -0.39 is 47.6 Å². The second-order valence-electron chi connectivity index (χ2n) is 22.9. The molecule has 14 nitrogen and oxygen atoms in total. The average Bonchev–Trinajstić information content (AvgIpc) is 4.18. The van der Waals surface area contributed by atoms with Crippen LogP contribution in [0.25, 0.3) is 0 Å². The number of halogens is 8. The van der Waals surface area contributed by atoms with Crippen molar-refractivity contribution in [2.75, 3.05) is 62.4 Å². The highest BCUT2D eigenvalue weighted by Crippen LogP contribution is 2.45. The van der Waals surface area contributed by atoms with Crippen LogP contribution in [0.15, 0.2) is 85.5 Å². The van der Waals surface area contributed by atoms with Crippen molar-refractivity contribution >= 4 is 23.2 Å². The molecule has 0 aliphatic carbocycles. The minimum atomic E-state index is -4.62. The number of hydrogen-bond acceptors (Lipinski definition) is 10. The van der Waals surface area contributed by atoms with E-state index in [-0.39, 0.29) is 84.2 Å². The molecule has 2 aromatic heterocycles. The van der Waals surface area contributed by atoms with E-state index in [9.17, 15) is 44.7 Å². The maximum Gasteiger partial charge on any atom is 0.416 e. The van der Waals surface area contributed by atoms with E-state index in [1.54, 1.807) is 36.9 Å². The fourth-order valence-corrected chi connectivity index (χ4v) is 12.0. The maximum absolute atomic E-state index is 14.3. The Morgan fingerprint density at radius 3 is 1.31 bits per heavy atom. The van der Waals surface area contributed by atoms with Gasteiger partial charge in [0.05, 0.1) is 50.6 Å². The van der Waals surface area contributed by atoms with E-state index in [0.29, 0.717) is 87.7 Å². The number of benzene rings is 4. The van der Waals surface area contributed by atoms with Gasteiger partial charge in [0.2, 0.25) is 0 Å². The molecule has 8 heterocycles. The van der Waals surface area contributed by atoms with Gasteiger partial charge in [-0.3, -0.25) is 19.4 Å². The van der Waals surface area contributed by atoms with Crippen LogP contribution in [-0.4, -0.2) is 116 Å². The predicted octanol–water partition coefficient (Wildman–Crippen LogP) is 9.37. The number of amides is 2. The first-order valence-electron chi connectivity index (χ1n) is 26.9. The summed E-state index contributed by atoms with van der Waals surface area (Å²) < 4.78 is 129. The van der Waals surface area contributed by atoms with Crippen molar-refractivity contribution in [2.24, 2.45) is 25.9 Å². The summed E-state index contributed by atoms with van der Waals surface area (Å²) in [7, 11) is 3.74. The number of likely N-dealkylation sites (tertiary alicyclic amines) is 2. The van der Waals surface area contributed by atoms with Crippen molar-refractivity contribution in [2.45, 2.75) is 101 Å². The number of ether oxygens (including phenoxy) is 2. The number of piperidine rings is 2. The molecule has 6 aromatic rings. The summed E-state index contributed by atoms with van der Waals surface area (Å²) >= 11 is 0. The minimum absolute atomic E-state index is 0.0249. The Hall–Kier alpha value is -6.62. The van der Waals surface area contributed by atoms with Crippen LogP contribution in [0.4, 0.5) is 46.5 Å². The van der Waals surface area contributed by atoms with Crippen molar-refractivity contribution in [3.05, 3.63) is 153 Å². The molecule has 0 bridgehead atoms. The molecule has 80 heavy (non-hydrogen) atoms. The molecule has 6 aliphatic rings. The van der Waals surface area contributed by atoms with Crippen LogP contribution in [-0.2, 0) is 85.8 Å². The zero-order chi connectivity index (χ0) is 56.5. The first-order valence-corrected chi connectivity index (χ1v) is 26.9. The van der Waals surface area contributed by atoms with E-state index in [2.05, 4.69) is 20.4 Å². The molecule has 22 heteroatoms. The molecule has 12 rings (SSSR count). The molecule has 0 spiro atoms. The monoisotopic (exact) mass is 1110 g/mol. The summed E-state index contributed by atoms with van der Waals surface area (Å²) in [5, 5.41) is 16.3. The zero-order valence-corrected chi connectivity index (χ0v) is 44.8. The molecule has 4 fully saturated rings. The van der Waals surface area contributed by atoms with Gasteiger partial charge in [0.15, 0.2) is 0 Å². The molecule has 4 saturated heterocycles. The van der Waals surface area contributed by atoms with Gasteiger partial charge in [-0.15, -0.1) is 20.4 Å². The van der Waals surface area contributed by atoms with Crippen molar-refractivity contribution in [1.29, 1.82) is 0 Å². The average molecular weight is 1120 g/mol. The lowest BCUT2D eigenvalue weighted by Gasteiger charge is -2.42. The fraction of sp³-hybridized carbons (Fsp3) is 0.483. The number of carbonyl (C=O) groups excluding carboxylic acids is 2. The van der Waals surface area contributed by atoms with Crippen LogP contribution >= 0.6 is 0 Å². The van der Waals surface area contributed by atoms with Gasteiger partial charge in [0.1, 0.15) is 36.6 Å². The van der Waals surface area contributed by atoms with Gasteiger partial charge < -0.3 is 28.4 Å². The van der Waals surface area contributed by atoms with Crippen LogP contribution in [0.1, 0.15) is 104 Å². The Kier molecular flexibility index (Phi) is 14.8. The Morgan fingerprint density at radius 1 is 0.588 bits per heavy atom. The molecule has 0 N–H and O–H groups in total. The molecule has 4 aromatic carbocycles. The zero-order valence-electron chi connectivity index (χ0n) is 44.8. The third-order valence-corrected chi connectivity index (χ3v) is 17.2. The summed E-state index contributed by atoms with van der Waals surface area (Å²) in [6.07, 6.45) is -5.58. The number of anilines is 2. The quantitative estimate of drug-likeness (QED) is 0.110. The van der Waals surface area contributed by atoms with E-state index in [0.717, 1.165) is 34.9 Å². The molecule has 6 aliphatic heterocycles. The van der Waals surface area contributed by atoms with Crippen molar-refractivity contribution in [3.8, 4) is 0 Å². The van der Waals surface area contributed by atoms with E-state index in [1.165, 1.54) is 9.80 Å². The first-order chi connectivity index (χ1) is 38.1. The van der Waals surface area contributed by atoms with Gasteiger partial charge in [-0.2, -0.15) is 26.3 Å². The molecule has 0 saturated carbocycles. The number of hydrogen-bond donors (Lipinski definition) is 0. The normalized spacial score (nSPS) is 22.9. The topological polar surface area (TPSA) is 127 Å². The summed E-state index contributed by atoms with van der Waals surface area (Å²) in [5.74, 6) is 0.508. The van der Waals surface area contributed by atoms with Gasteiger partial charge >= 0.3 is 12.4 Å². The number of fused-ring (bicyclic) bond motifs is 2. The van der Waals surface area contributed by atoms with Crippen molar-refractivity contribution in [1.82, 2.24) is 39.3 Å². The molecular formula is C58H62F8N10O4. The lowest BCUT2D eigenvalue weighted by atomic mass is 9.75. The molecule has 2 amide bonds. The Balaban J connectivity index is 0.000000169. The lowest BCUT2D eigenvalue weighted by Crippen LogP contribution is -2.49. The standard InChI is InChI=1S/2C29H31F4N5O2/c2*1-18-6-7-37(14-25(18)30)12-19-8-22-23(24(9-19)29(31,32)33)13-38(27(22)39)21-5-3-4-20(10-21)28(15-40-16-28)11-26-35-34-17-36(26)2/h2*3-5,8-10,17-18,25H,6-7,11-16H2,1-2H3/t2*18-,25+/m10/s1. The smallest absolute Gasteiger partial charge is 0.379 e. The second-order valence-corrected chi connectivity index (χ2v) is 22.9. The molecule has 4 atom stereocenters. The fourth-order valence-electron chi connectivity index (χ4n) is 12.0. The summed E-state index contributed by atoms with van der Waals surface area (Å²) in [4.78, 5) is 33.7. The third kappa shape index (κ3) is 10.7. The van der Waals surface area contributed by atoms with E-state index >= 15 is 0 Å². The van der Waals surface area contributed by atoms with Crippen LogP contribution in [0.3, 0.4) is 0 Å². The van der Waals surface area contributed by atoms with Crippen LogP contribution < -0.4 is 9.80 Å². The number of carbonyl (C=O) groups is 2. The number of rotatable bonds is 12. The predicted molar refractivity (Wildman–Crippen MR) is 279 cm³/mol. The highest BCUT2D eigenvalue weighted by molar-refractivity contribution is 6.11. The SMILES string of the molecule is C[C@@H]1CCN(Cc2cc3c(c(C(F)(F)F)c2)CN(c2cccc(C4(Cc5nncn5C)COC4)c2)C3=O)C[C@@H]1F.C[C@H]1CCN(Cc2cc3c(c(C(F)(F)F)c2)CN(c2cccc(C4(Cc5nncn5C)COC4)c2)C3=O)C[C@H]1F. The highest BCUT2D eigenvalue weighted by atomic mass is 19.4. The van der Waals surface area contributed by atoms with Gasteiger partial charge in [0, 0.05) is 86.4 Å².